The number of ether oxygens (including phenoxy) is 1. The number of nitrogens with zero attached hydrogens (tertiary/aromatic N) is 1. The van der Waals surface area contributed by atoms with Gasteiger partial charge in [0.2, 0.25) is 0 Å². The number of likely N-dealkylation sites (N-methyl/N-ethyl adjacent to an activating group) is 1. The maximum Gasteiger partial charge on any atom is 0.412 e. The van der Waals surface area contributed by atoms with Gasteiger partial charge in [0.1, 0.15) is 5.60 Å². The van der Waals surface area contributed by atoms with Crippen molar-refractivity contribution in [3.8, 4) is 0 Å². The van der Waals surface area contributed by atoms with Gasteiger partial charge in [-0.1, -0.05) is 29.8 Å². The summed E-state index contributed by atoms with van der Waals surface area (Å²) in [6.45, 7) is 7.96. The second-order valence-electron chi connectivity index (χ2n) is 8.30. The molecule has 0 aliphatic heterocycles. The summed E-state index contributed by atoms with van der Waals surface area (Å²) in [4.78, 5) is 26.4. The van der Waals surface area contributed by atoms with Crippen LogP contribution in [0.1, 0.15) is 48.3 Å². The third-order valence-electron chi connectivity index (χ3n) is 4.33. The highest BCUT2D eigenvalue weighted by Gasteiger charge is 2.17. The fourth-order valence-corrected chi connectivity index (χ4v) is 2.80. The molecule has 0 fully saturated rings. The van der Waals surface area contributed by atoms with E-state index in [4.69, 9.17) is 4.74 Å². The molecule has 2 rings (SSSR count). The van der Waals surface area contributed by atoms with E-state index in [1.54, 1.807) is 45.0 Å². The topological polar surface area (TPSA) is 70.7 Å². The summed E-state index contributed by atoms with van der Waals surface area (Å²) in [5, 5.41) is 5.65. The molecule has 2 amide bonds. The minimum absolute atomic E-state index is 0.0765. The van der Waals surface area contributed by atoms with Crippen LogP contribution in [0.15, 0.2) is 48.5 Å². The number of nitrogens with one attached hydrogen (secondary N) is 2. The summed E-state index contributed by atoms with van der Waals surface area (Å²) in [5.74, 6) is -0.159. The van der Waals surface area contributed by atoms with Crippen LogP contribution in [0, 0.1) is 6.92 Å². The molecule has 2 aromatic carbocycles. The Labute approximate surface area is 173 Å². The Morgan fingerprint density at radius 1 is 1.00 bits per heavy atom. The van der Waals surface area contributed by atoms with E-state index < -0.39 is 11.7 Å². The number of hydrogen-bond acceptors (Lipinski definition) is 4. The predicted molar refractivity (Wildman–Crippen MR) is 116 cm³/mol. The molecule has 0 aromatic heterocycles. The zero-order chi connectivity index (χ0) is 21.6. The van der Waals surface area contributed by atoms with Gasteiger partial charge in [-0.15, -0.1) is 0 Å². The van der Waals surface area contributed by atoms with Crippen molar-refractivity contribution in [2.75, 3.05) is 26.0 Å². The standard InChI is InChI=1S/C23H31N3O3/c1-16-7-9-17(10-8-16)20(26(5)6)15-24-21(27)18-11-13-19(14-12-18)25-22(28)29-23(2,3)4/h7-14,20H,15H2,1-6H3,(H,24,27)(H,25,28). The van der Waals surface area contributed by atoms with Crippen LogP contribution >= 0.6 is 0 Å². The summed E-state index contributed by atoms with van der Waals surface area (Å²) in [6, 6.07) is 15.1. The van der Waals surface area contributed by atoms with Crippen molar-refractivity contribution in [3.05, 3.63) is 65.2 Å². The highest BCUT2D eigenvalue weighted by Crippen LogP contribution is 2.18. The Morgan fingerprint density at radius 3 is 2.10 bits per heavy atom. The van der Waals surface area contributed by atoms with Gasteiger partial charge in [0.25, 0.3) is 5.91 Å². The third kappa shape index (κ3) is 7.23. The van der Waals surface area contributed by atoms with E-state index in [0.717, 1.165) is 5.56 Å². The summed E-state index contributed by atoms with van der Waals surface area (Å²) in [5.41, 5.74) is 2.89. The maximum absolute atomic E-state index is 12.5. The molecule has 1 unspecified atom stereocenters. The highest BCUT2D eigenvalue weighted by molar-refractivity contribution is 5.95. The van der Waals surface area contributed by atoms with Gasteiger partial charge in [0.05, 0.1) is 6.04 Å². The van der Waals surface area contributed by atoms with Gasteiger partial charge in [-0.2, -0.15) is 0 Å². The molecular weight excluding hydrogens is 366 g/mol. The van der Waals surface area contributed by atoms with Crippen LogP contribution in [0.4, 0.5) is 10.5 Å². The Hall–Kier alpha value is -2.86. The molecule has 0 saturated carbocycles. The minimum atomic E-state index is -0.565. The number of benzene rings is 2. The van der Waals surface area contributed by atoms with Crippen molar-refractivity contribution in [2.45, 2.75) is 39.3 Å². The first kappa shape index (κ1) is 22.4. The number of anilines is 1. The fourth-order valence-electron chi connectivity index (χ4n) is 2.80. The highest BCUT2D eigenvalue weighted by atomic mass is 16.6. The monoisotopic (exact) mass is 397 g/mol. The van der Waals surface area contributed by atoms with Gasteiger partial charge in [-0.3, -0.25) is 10.1 Å². The van der Waals surface area contributed by atoms with E-state index in [0.29, 0.717) is 17.8 Å². The number of amides is 2. The van der Waals surface area contributed by atoms with Crippen LogP contribution in [-0.2, 0) is 4.74 Å². The van der Waals surface area contributed by atoms with Crippen LogP contribution < -0.4 is 10.6 Å². The second-order valence-corrected chi connectivity index (χ2v) is 8.30. The first-order chi connectivity index (χ1) is 13.5. The lowest BCUT2D eigenvalue weighted by Crippen LogP contribution is -2.34. The van der Waals surface area contributed by atoms with Crippen molar-refractivity contribution in [3.63, 3.8) is 0 Å². The Morgan fingerprint density at radius 2 is 1.59 bits per heavy atom. The molecule has 0 spiro atoms. The van der Waals surface area contributed by atoms with E-state index in [1.165, 1.54) is 5.56 Å². The SMILES string of the molecule is Cc1ccc(C(CNC(=O)c2ccc(NC(=O)OC(C)(C)C)cc2)N(C)C)cc1. The Bertz CT molecular complexity index is 822. The molecule has 0 radical (unpaired) electrons. The van der Waals surface area contributed by atoms with Gasteiger partial charge in [-0.25, -0.2) is 4.79 Å². The quantitative estimate of drug-likeness (QED) is 0.759. The van der Waals surface area contributed by atoms with Gasteiger partial charge >= 0.3 is 6.09 Å². The van der Waals surface area contributed by atoms with Gasteiger partial charge in [0, 0.05) is 17.8 Å². The molecule has 29 heavy (non-hydrogen) atoms. The number of carbonyl (C=O) groups is 2. The van der Waals surface area contributed by atoms with Gasteiger partial charge in [-0.05, 0) is 71.6 Å². The Kier molecular flexibility index (Phi) is 7.40. The minimum Gasteiger partial charge on any atom is -0.444 e. The second kappa shape index (κ2) is 9.56. The van der Waals surface area contributed by atoms with E-state index in [9.17, 15) is 9.59 Å². The molecular formula is C23H31N3O3. The predicted octanol–water partition coefficient (Wildman–Crippen LogP) is 4.37. The maximum atomic E-state index is 12.5. The first-order valence-electron chi connectivity index (χ1n) is 9.66. The molecule has 0 bridgehead atoms. The lowest BCUT2D eigenvalue weighted by Gasteiger charge is -2.25. The molecule has 6 nitrogen and oxygen atoms in total. The molecule has 0 saturated heterocycles. The molecule has 0 heterocycles. The number of rotatable bonds is 6. The van der Waals surface area contributed by atoms with Crippen LogP contribution in [0.25, 0.3) is 0 Å². The van der Waals surface area contributed by atoms with Crippen LogP contribution in [-0.4, -0.2) is 43.1 Å². The fraction of sp³-hybridized carbons (Fsp3) is 0.391. The molecule has 6 heteroatoms. The molecule has 2 N–H and O–H groups in total. The molecule has 0 aliphatic rings. The lowest BCUT2D eigenvalue weighted by molar-refractivity contribution is 0.0635. The van der Waals surface area contributed by atoms with Crippen molar-refractivity contribution in [2.24, 2.45) is 0 Å². The molecule has 0 aliphatic carbocycles. The number of hydrogen-bond donors (Lipinski definition) is 2. The zero-order valence-corrected chi connectivity index (χ0v) is 18.1. The smallest absolute Gasteiger partial charge is 0.412 e. The molecule has 156 valence electrons. The average Bonchev–Trinajstić information content (AvgIpc) is 2.62. The van der Waals surface area contributed by atoms with Gasteiger partial charge < -0.3 is 15.0 Å². The summed E-state index contributed by atoms with van der Waals surface area (Å²) in [7, 11) is 3.99. The van der Waals surface area contributed by atoms with E-state index in [2.05, 4.69) is 46.7 Å². The Balaban J connectivity index is 1.96. The number of carbonyl (C=O) groups excluding carboxylic acids is 2. The lowest BCUT2D eigenvalue weighted by atomic mass is 10.0. The number of aryl methyl sites for hydroxylation is 1. The first-order valence-corrected chi connectivity index (χ1v) is 9.66. The normalized spacial score (nSPS) is 12.4. The van der Waals surface area contributed by atoms with Crippen molar-refractivity contribution < 1.29 is 14.3 Å². The zero-order valence-electron chi connectivity index (χ0n) is 18.1. The van der Waals surface area contributed by atoms with Crippen molar-refractivity contribution >= 4 is 17.7 Å². The van der Waals surface area contributed by atoms with E-state index in [1.807, 2.05) is 14.1 Å². The van der Waals surface area contributed by atoms with Gasteiger partial charge in [0.15, 0.2) is 0 Å². The molecule has 2 aromatic rings. The van der Waals surface area contributed by atoms with E-state index >= 15 is 0 Å². The summed E-state index contributed by atoms with van der Waals surface area (Å²) in [6.07, 6.45) is -0.526. The van der Waals surface area contributed by atoms with Crippen LogP contribution in [0.3, 0.4) is 0 Å². The average molecular weight is 398 g/mol. The van der Waals surface area contributed by atoms with E-state index in [-0.39, 0.29) is 11.9 Å². The largest absolute Gasteiger partial charge is 0.444 e. The van der Waals surface area contributed by atoms with Crippen molar-refractivity contribution in [1.29, 1.82) is 0 Å². The summed E-state index contributed by atoms with van der Waals surface area (Å²) >= 11 is 0. The summed E-state index contributed by atoms with van der Waals surface area (Å²) < 4.78 is 5.22. The molecule has 1 atom stereocenters. The van der Waals surface area contributed by atoms with Crippen LogP contribution in [0.2, 0.25) is 0 Å². The van der Waals surface area contributed by atoms with Crippen molar-refractivity contribution in [1.82, 2.24) is 10.2 Å². The third-order valence-corrected chi connectivity index (χ3v) is 4.33. The van der Waals surface area contributed by atoms with Crippen LogP contribution in [0.5, 0.6) is 0 Å².